The van der Waals surface area contributed by atoms with Crippen LogP contribution in [0.4, 0.5) is 0 Å². The Balaban J connectivity index is 1.34. The molecular formula is C53H54BrClO9. The molecule has 7 rings (SSSR count). The van der Waals surface area contributed by atoms with E-state index in [0.29, 0.717) is 41.3 Å². The predicted molar refractivity (Wildman–Crippen MR) is 250 cm³/mol. The maximum atomic E-state index is 12.7. The highest BCUT2D eigenvalue weighted by Gasteiger charge is 2.50. The van der Waals surface area contributed by atoms with Crippen LogP contribution >= 0.6 is 27.5 Å². The number of rotatable bonds is 22. The van der Waals surface area contributed by atoms with Gasteiger partial charge in [0.1, 0.15) is 36.3 Å². The quantitative estimate of drug-likeness (QED) is 0.0617. The summed E-state index contributed by atoms with van der Waals surface area (Å²) in [4.78, 5) is 12.7. The van der Waals surface area contributed by atoms with E-state index in [2.05, 4.69) is 15.9 Å². The van der Waals surface area contributed by atoms with E-state index in [1.807, 2.05) is 159 Å². The zero-order valence-corrected chi connectivity index (χ0v) is 38.5. The molecule has 1 unspecified atom stereocenters. The standard InChI is InChI=1S/C53H54BrClO9/c1-3-58-43-27-25-37(26-28-43)29-42-30-44(47(54)51(48(42)55)63-36-46(56)59-4-2)49-52(61-33-40-21-13-7-14-22-40)53(62-34-41-23-15-8-16-24-41)50(60-32-39-19-11-6-12-20-39)45(64-49)35-57-31-38-17-9-5-10-18-38/h5-28,30,45,49-50,52-53H,3-4,29,31-36H2,1-2H3/t45-,49?,50-,52+,53+/m1/s1. The Hall–Kier alpha value is -5.04. The number of hydrogen-bond donors (Lipinski definition) is 0. The lowest BCUT2D eigenvalue weighted by Crippen LogP contribution is -2.58. The first-order valence-corrected chi connectivity index (χ1v) is 22.8. The minimum Gasteiger partial charge on any atom is -0.494 e. The van der Waals surface area contributed by atoms with E-state index in [9.17, 15) is 4.79 Å². The van der Waals surface area contributed by atoms with Crippen molar-refractivity contribution in [3.8, 4) is 11.5 Å². The molecule has 0 saturated carbocycles. The van der Waals surface area contributed by atoms with Gasteiger partial charge in [0.25, 0.3) is 0 Å². The molecular weight excluding hydrogens is 896 g/mol. The Morgan fingerprint density at radius 3 is 1.66 bits per heavy atom. The SMILES string of the molecule is CCOC(=O)COc1c(Cl)c(Cc2ccc(OCC)cc2)cc(C2O[C@H](COCc3ccccc3)[C@@H](OCc3ccccc3)[C@H](OCc3ccccc3)[C@H]2OCc2ccccc2)c1Br. The number of ether oxygens (including phenoxy) is 8. The van der Waals surface area contributed by atoms with E-state index in [-0.39, 0.29) is 38.8 Å². The smallest absolute Gasteiger partial charge is 0.344 e. The Bertz CT molecular complexity index is 2320. The fourth-order valence-electron chi connectivity index (χ4n) is 7.61. The molecule has 0 spiro atoms. The van der Waals surface area contributed by atoms with Gasteiger partial charge in [-0.3, -0.25) is 0 Å². The Morgan fingerprint density at radius 2 is 1.12 bits per heavy atom. The summed E-state index contributed by atoms with van der Waals surface area (Å²) in [6, 6.07) is 50.0. The van der Waals surface area contributed by atoms with E-state index >= 15 is 0 Å². The average Bonchev–Trinajstić information content (AvgIpc) is 3.33. The third kappa shape index (κ3) is 13.0. The molecule has 6 aromatic carbocycles. The van der Waals surface area contributed by atoms with Gasteiger partial charge in [0.15, 0.2) is 12.4 Å². The lowest BCUT2D eigenvalue weighted by atomic mass is 9.89. The van der Waals surface area contributed by atoms with Gasteiger partial charge in [-0.1, -0.05) is 145 Å². The number of benzene rings is 6. The van der Waals surface area contributed by atoms with Gasteiger partial charge in [0, 0.05) is 5.56 Å². The Morgan fingerprint density at radius 1 is 0.609 bits per heavy atom. The van der Waals surface area contributed by atoms with Crippen LogP contribution < -0.4 is 9.47 Å². The zero-order valence-electron chi connectivity index (χ0n) is 36.1. The summed E-state index contributed by atoms with van der Waals surface area (Å²) in [5, 5.41) is 0.343. The van der Waals surface area contributed by atoms with Crippen molar-refractivity contribution in [3.63, 3.8) is 0 Å². The van der Waals surface area contributed by atoms with E-state index < -0.39 is 36.5 Å². The molecule has 5 atom stereocenters. The monoisotopic (exact) mass is 948 g/mol. The van der Waals surface area contributed by atoms with Crippen molar-refractivity contribution < 1.29 is 42.7 Å². The lowest BCUT2D eigenvalue weighted by molar-refractivity contribution is -0.275. The summed E-state index contributed by atoms with van der Waals surface area (Å²) in [6.07, 6.45) is -3.07. The van der Waals surface area contributed by atoms with Crippen molar-refractivity contribution in [2.75, 3.05) is 26.4 Å². The van der Waals surface area contributed by atoms with Crippen LogP contribution in [0.3, 0.4) is 0 Å². The molecule has 0 aliphatic carbocycles. The maximum Gasteiger partial charge on any atom is 0.344 e. The highest BCUT2D eigenvalue weighted by molar-refractivity contribution is 9.10. The third-order valence-corrected chi connectivity index (χ3v) is 12.0. The van der Waals surface area contributed by atoms with Crippen LogP contribution in [-0.2, 0) is 66.1 Å². The fraction of sp³-hybridized carbons (Fsp3) is 0.302. The van der Waals surface area contributed by atoms with Crippen molar-refractivity contribution >= 4 is 33.5 Å². The predicted octanol–water partition coefficient (Wildman–Crippen LogP) is 11.4. The number of esters is 1. The highest BCUT2D eigenvalue weighted by Crippen LogP contribution is 2.47. The second-order valence-electron chi connectivity index (χ2n) is 15.3. The summed E-state index contributed by atoms with van der Waals surface area (Å²) < 4.78 is 52.5. The fourth-order valence-corrected chi connectivity index (χ4v) is 8.65. The second-order valence-corrected chi connectivity index (χ2v) is 16.5. The molecule has 0 N–H and O–H groups in total. The molecule has 1 aliphatic heterocycles. The number of carbonyl (C=O) groups is 1. The van der Waals surface area contributed by atoms with Crippen LogP contribution in [0.2, 0.25) is 5.02 Å². The van der Waals surface area contributed by atoms with Crippen molar-refractivity contribution in [1.29, 1.82) is 0 Å². The first-order valence-electron chi connectivity index (χ1n) is 21.6. The normalized spacial score (nSPS) is 18.3. The van der Waals surface area contributed by atoms with Crippen LogP contribution in [-0.4, -0.2) is 56.8 Å². The first kappa shape index (κ1) is 46.9. The van der Waals surface area contributed by atoms with Gasteiger partial charge in [-0.25, -0.2) is 4.79 Å². The minimum atomic E-state index is -0.790. The van der Waals surface area contributed by atoms with Gasteiger partial charge in [-0.15, -0.1) is 0 Å². The minimum absolute atomic E-state index is 0.178. The van der Waals surface area contributed by atoms with Crippen LogP contribution in [0.15, 0.2) is 156 Å². The van der Waals surface area contributed by atoms with Gasteiger partial charge >= 0.3 is 5.97 Å². The van der Waals surface area contributed by atoms with Crippen LogP contribution in [0.5, 0.6) is 11.5 Å². The molecule has 0 amide bonds. The topological polar surface area (TPSA) is 90.9 Å². The molecule has 11 heteroatoms. The van der Waals surface area contributed by atoms with Crippen LogP contribution in [0.1, 0.15) is 58.9 Å². The zero-order chi connectivity index (χ0) is 44.5. The van der Waals surface area contributed by atoms with Crippen molar-refractivity contribution in [2.24, 2.45) is 0 Å². The molecule has 0 aromatic heterocycles. The number of hydrogen-bond acceptors (Lipinski definition) is 9. The third-order valence-electron chi connectivity index (χ3n) is 10.7. The maximum absolute atomic E-state index is 12.7. The molecule has 334 valence electrons. The summed E-state index contributed by atoms with van der Waals surface area (Å²) in [5.41, 5.74) is 6.41. The van der Waals surface area contributed by atoms with Gasteiger partial charge in [-0.05, 0) is 87.8 Å². The van der Waals surface area contributed by atoms with Crippen molar-refractivity contribution in [2.45, 2.75) is 77.2 Å². The molecule has 9 nitrogen and oxygen atoms in total. The molecule has 1 heterocycles. The average molecular weight is 950 g/mol. The number of carbonyl (C=O) groups excluding carboxylic acids is 1. The number of halogens is 2. The van der Waals surface area contributed by atoms with Crippen LogP contribution in [0, 0.1) is 0 Å². The Labute approximate surface area is 389 Å². The Kier molecular flexibility index (Phi) is 17.8. The van der Waals surface area contributed by atoms with E-state index in [1.165, 1.54) is 0 Å². The van der Waals surface area contributed by atoms with Crippen molar-refractivity contribution in [1.82, 2.24) is 0 Å². The van der Waals surface area contributed by atoms with E-state index in [4.69, 9.17) is 49.5 Å². The van der Waals surface area contributed by atoms with Gasteiger partial charge < -0.3 is 37.9 Å². The summed E-state index contributed by atoms with van der Waals surface area (Å²) in [6.45, 7) is 5.50. The summed E-state index contributed by atoms with van der Waals surface area (Å²) in [5.74, 6) is 0.525. The first-order chi connectivity index (χ1) is 31.4. The molecule has 1 fully saturated rings. The lowest BCUT2D eigenvalue weighted by Gasteiger charge is -2.46. The van der Waals surface area contributed by atoms with Gasteiger partial charge in [0.05, 0.1) is 55.7 Å². The van der Waals surface area contributed by atoms with E-state index in [1.54, 1.807) is 6.92 Å². The van der Waals surface area contributed by atoms with E-state index in [0.717, 1.165) is 39.1 Å². The van der Waals surface area contributed by atoms with Gasteiger partial charge in [-0.2, -0.15) is 0 Å². The molecule has 0 radical (unpaired) electrons. The summed E-state index contributed by atoms with van der Waals surface area (Å²) in [7, 11) is 0. The molecule has 1 aliphatic rings. The molecule has 64 heavy (non-hydrogen) atoms. The van der Waals surface area contributed by atoms with Crippen molar-refractivity contribution in [3.05, 3.63) is 200 Å². The second kappa shape index (κ2) is 24.3. The molecule has 6 aromatic rings. The van der Waals surface area contributed by atoms with Gasteiger partial charge in [0.2, 0.25) is 0 Å². The van der Waals surface area contributed by atoms with Crippen LogP contribution in [0.25, 0.3) is 0 Å². The largest absolute Gasteiger partial charge is 0.494 e. The summed E-state index contributed by atoms with van der Waals surface area (Å²) >= 11 is 11.1. The highest BCUT2D eigenvalue weighted by atomic mass is 79.9. The molecule has 0 bridgehead atoms. The molecule has 1 saturated heterocycles.